The van der Waals surface area contributed by atoms with Crippen molar-refractivity contribution in [3.63, 3.8) is 0 Å². The van der Waals surface area contributed by atoms with Crippen LogP contribution in [-0.2, 0) is 4.79 Å². The second-order valence-electron chi connectivity index (χ2n) is 6.86. The first-order chi connectivity index (χ1) is 8.63. The molecular weight excluding hydrogens is 226 g/mol. The van der Waals surface area contributed by atoms with Crippen molar-refractivity contribution in [2.24, 2.45) is 23.2 Å². The number of rotatable bonds is 4. The van der Waals surface area contributed by atoms with Gasteiger partial charge < -0.3 is 10.0 Å². The molecule has 0 aromatic rings. The molecule has 2 aliphatic carbocycles. The maximum atomic E-state index is 11.4. The first-order valence-corrected chi connectivity index (χ1v) is 7.59. The van der Waals surface area contributed by atoms with Gasteiger partial charge in [0.1, 0.15) is 0 Å². The number of nitrogens with zero attached hydrogens (tertiary/aromatic N) is 1. The predicted octanol–water partition coefficient (Wildman–Crippen LogP) is 2.61. The van der Waals surface area contributed by atoms with Gasteiger partial charge in [-0.25, -0.2) is 0 Å². The highest BCUT2D eigenvalue weighted by Gasteiger charge is 2.45. The number of hydrogen-bond acceptors (Lipinski definition) is 2. The molecule has 4 unspecified atom stereocenters. The number of likely N-dealkylation sites (tertiary alicyclic amines) is 1. The summed E-state index contributed by atoms with van der Waals surface area (Å²) in [7, 11) is 0. The zero-order valence-corrected chi connectivity index (χ0v) is 11.4. The van der Waals surface area contributed by atoms with Gasteiger partial charge in [0.2, 0.25) is 0 Å². The van der Waals surface area contributed by atoms with E-state index in [2.05, 4.69) is 4.90 Å². The van der Waals surface area contributed by atoms with Gasteiger partial charge in [0.15, 0.2) is 0 Å². The van der Waals surface area contributed by atoms with Crippen LogP contribution < -0.4 is 0 Å². The van der Waals surface area contributed by atoms with Crippen LogP contribution in [0.2, 0.25) is 0 Å². The van der Waals surface area contributed by atoms with E-state index in [-0.39, 0.29) is 0 Å². The number of hydrogen-bond donors (Lipinski definition) is 1. The van der Waals surface area contributed by atoms with Crippen molar-refractivity contribution in [2.45, 2.75) is 45.4 Å². The van der Waals surface area contributed by atoms with E-state index < -0.39 is 11.4 Å². The zero-order chi connectivity index (χ0) is 12.8. The molecule has 1 saturated heterocycles. The van der Waals surface area contributed by atoms with E-state index in [1.807, 2.05) is 6.92 Å². The fourth-order valence-corrected chi connectivity index (χ4v) is 4.66. The third kappa shape index (κ3) is 1.97. The summed E-state index contributed by atoms with van der Waals surface area (Å²) in [6.45, 7) is 4.96. The Hall–Kier alpha value is -0.570. The minimum Gasteiger partial charge on any atom is -0.481 e. The molecule has 3 aliphatic rings. The SMILES string of the molecule is CCC1(C(=O)O)CCN(CC2CC3CCC2C3)C1. The Labute approximate surface area is 110 Å². The zero-order valence-electron chi connectivity index (χ0n) is 11.4. The highest BCUT2D eigenvalue weighted by atomic mass is 16.4. The largest absolute Gasteiger partial charge is 0.481 e. The Bertz CT molecular complexity index is 343. The molecule has 3 rings (SSSR count). The van der Waals surface area contributed by atoms with Gasteiger partial charge in [-0.2, -0.15) is 0 Å². The summed E-state index contributed by atoms with van der Waals surface area (Å²) in [6, 6.07) is 0. The van der Waals surface area contributed by atoms with Crippen LogP contribution >= 0.6 is 0 Å². The summed E-state index contributed by atoms with van der Waals surface area (Å²) in [4.78, 5) is 13.9. The standard InChI is InChI=1S/C15H25NO2/c1-2-15(14(17)18)5-6-16(10-15)9-13-8-11-3-4-12(13)7-11/h11-13H,2-10H2,1H3,(H,17,18). The number of carboxylic acids is 1. The van der Waals surface area contributed by atoms with Crippen LogP contribution in [0, 0.1) is 23.2 Å². The molecule has 0 aromatic heterocycles. The second kappa shape index (κ2) is 4.52. The molecule has 2 saturated carbocycles. The summed E-state index contributed by atoms with van der Waals surface area (Å²) in [5.41, 5.74) is -0.447. The molecule has 0 aromatic carbocycles. The lowest BCUT2D eigenvalue weighted by Gasteiger charge is -2.28. The summed E-state index contributed by atoms with van der Waals surface area (Å²) < 4.78 is 0. The van der Waals surface area contributed by atoms with Crippen molar-refractivity contribution in [1.82, 2.24) is 4.90 Å². The summed E-state index contributed by atoms with van der Waals surface area (Å²) in [5, 5.41) is 9.42. The van der Waals surface area contributed by atoms with Gasteiger partial charge in [0, 0.05) is 13.1 Å². The van der Waals surface area contributed by atoms with Crippen molar-refractivity contribution >= 4 is 5.97 Å². The smallest absolute Gasteiger partial charge is 0.310 e. The van der Waals surface area contributed by atoms with Crippen molar-refractivity contribution < 1.29 is 9.90 Å². The molecule has 0 radical (unpaired) electrons. The molecule has 1 aliphatic heterocycles. The van der Waals surface area contributed by atoms with E-state index in [9.17, 15) is 9.90 Å². The molecule has 3 fully saturated rings. The third-order valence-corrected chi connectivity index (χ3v) is 5.94. The third-order valence-electron chi connectivity index (χ3n) is 5.94. The minimum atomic E-state index is -0.583. The Kier molecular flexibility index (Phi) is 3.13. The van der Waals surface area contributed by atoms with Crippen LogP contribution in [0.5, 0.6) is 0 Å². The highest BCUT2D eigenvalue weighted by Crippen LogP contribution is 2.49. The van der Waals surface area contributed by atoms with Crippen LogP contribution in [0.25, 0.3) is 0 Å². The van der Waals surface area contributed by atoms with E-state index in [0.717, 1.165) is 50.2 Å². The predicted molar refractivity (Wildman–Crippen MR) is 70.4 cm³/mol. The molecule has 3 heteroatoms. The molecule has 0 spiro atoms. The maximum absolute atomic E-state index is 11.4. The van der Waals surface area contributed by atoms with Crippen molar-refractivity contribution in [3.8, 4) is 0 Å². The van der Waals surface area contributed by atoms with Crippen molar-refractivity contribution in [3.05, 3.63) is 0 Å². The van der Waals surface area contributed by atoms with E-state index in [1.165, 1.54) is 25.7 Å². The average molecular weight is 251 g/mol. The lowest BCUT2D eigenvalue weighted by molar-refractivity contribution is -0.148. The van der Waals surface area contributed by atoms with Gasteiger partial charge in [-0.1, -0.05) is 13.3 Å². The normalized spacial score (nSPS) is 43.7. The van der Waals surface area contributed by atoms with E-state index in [4.69, 9.17) is 0 Å². The molecule has 1 N–H and O–H groups in total. The van der Waals surface area contributed by atoms with Crippen LogP contribution in [0.3, 0.4) is 0 Å². The first kappa shape index (κ1) is 12.5. The second-order valence-corrected chi connectivity index (χ2v) is 6.86. The van der Waals surface area contributed by atoms with Gasteiger partial charge in [0.05, 0.1) is 5.41 Å². The monoisotopic (exact) mass is 251 g/mol. The Morgan fingerprint density at radius 3 is 2.72 bits per heavy atom. The van der Waals surface area contributed by atoms with Crippen LogP contribution in [-0.4, -0.2) is 35.6 Å². The topological polar surface area (TPSA) is 40.5 Å². The number of aliphatic carboxylic acids is 1. The molecule has 4 atom stereocenters. The Balaban J connectivity index is 1.58. The summed E-state index contributed by atoms with van der Waals surface area (Å²) in [6.07, 6.45) is 7.37. The summed E-state index contributed by atoms with van der Waals surface area (Å²) >= 11 is 0. The molecule has 0 amide bonds. The number of carboxylic acid groups (broad SMARTS) is 1. The number of carbonyl (C=O) groups is 1. The van der Waals surface area contributed by atoms with Gasteiger partial charge in [-0.3, -0.25) is 4.79 Å². The molecule has 2 bridgehead atoms. The lowest BCUT2D eigenvalue weighted by Crippen LogP contribution is -2.36. The van der Waals surface area contributed by atoms with Crippen molar-refractivity contribution in [2.75, 3.05) is 19.6 Å². The van der Waals surface area contributed by atoms with Crippen LogP contribution in [0.15, 0.2) is 0 Å². The average Bonchev–Trinajstić information content (AvgIpc) is 3.03. The van der Waals surface area contributed by atoms with E-state index >= 15 is 0 Å². The Morgan fingerprint density at radius 1 is 1.39 bits per heavy atom. The molecule has 3 nitrogen and oxygen atoms in total. The van der Waals surface area contributed by atoms with Gasteiger partial charge in [0.25, 0.3) is 0 Å². The van der Waals surface area contributed by atoms with Crippen molar-refractivity contribution in [1.29, 1.82) is 0 Å². The molecule has 18 heavy (non-hydrogen) atoms. The number of fused-ring (bicyclic) bond motifs is 2. The van der Waals surface area contributed by atoms with Crippen LogP contribution in [0.1, 0.15) is 45.4 Å². The Morgan fingerprint density at radius 2 is 2.22 bits per heavy atom. The van der Waals surface area contributed by atoms with Gasteiger partial charge in [-0.15, -0.1) is 0 Å². The first-order valence-electron chi connectivity index (χ1n) is 7.59. The highest BCUT2D eigenvalue weighted by molar-refractivity contribution is 5.75. The molecule has 1 heterocycles. The van der Waals surface area contributed by atoms with Gasteiger partial charge >= 0.3 is 5.97 Å². The fourth-order valence-electron chi connectivity index (χ4n) is 4.66. The minimum absolute atomic E-state index is 0.447. The summed E-state index contributed by atoms with van der Waals surface area (Å²) in [5.74, 6) is 2.24. The van der Waals surface area contributed by atoms with Gasteiger partial charge in [-0.05, 0) is 56.4 Å². The van der Waals surface area contributed by atoms with E-state index in [1.54, 1.807) is 0 Å². The lowest BCUT2D eigenvalue weighted by atomic mass is 9.84. The van der Waals surface area contributed by atoms with Crippen LogP contribution in [0.4, 0.5) is 0 Å². The molecule has 102 valence electrons. The quantitative estimate of drug-likeness (QED) is 0.835. The maximum Gasteiger partial charge on any atom is 0.310 e. The molecular formula is C15H25NO2. The van der Waals surface area contributed by atoms with E-state index in [0.29, 0.717) is 0 Å². The fraction of sp³-hybridized carbons (Fsp3) is 0.933.